The van der Waals surface area contributed by atoms with Gasteiger partial charge < -0.3 is 20.6 Å². The molecule has 0 amide bonds. The molecular weight excluding hydrogens is 233 g/mol. The number of aliphatic carboxylic acids is 1. The zero-order valence-electron chi connectivity index (χ0n) is 8.12. The van der Waals surface area contributed by atoms with E-state index < -0.39 is 19.6 Å². The van der Waals surface area contributed by atoms with Crippen LogP contribution in [0.25, 0.3) is 0 Å². The van der Waals surface area contributed by atoms with Gasteiger partial charge in [0.25, 0.3) is 0 Å². The smallest absolute Gasteiger partial charge is 0.364 e. The van der Waals surface area contributed by atoms with Crippen molar-refractivity contribution in [3.8, 4) is 0 Å². The first kappa shape index (κ1) is 12.7. The van der Waals surface area contributed by atoms with E-state index in [0.717, 1.165) is 0 Å². The normalized spacial score (nSPS) is 12.9. The van der Waals surface area contributed by atoms with E-state index in [0.29, 0.717) is 0 Å². The van der Waals surface area contributed by atoms with Gasteiger partial charge in [-0.2, -0.15) is 0 Å². The molecule has 0 saturated heterocycles. The molecule has 0 heterocycles. The first-order valence-electron chi connectivity index (χ1n) is 4.28. The number of carbonyl (C=O) groups is 1. The molecule has 0 fully saturated rings. The molecule has 0 saturated carbocycles. The Kier molecular flexibility index (Phi) is 3.68. The van der Waals surface area contributed by atoms with E-state index in [9.17, 15) is 9.36 Å². The summed E-state index contributed by atoms with van der Waals surface area (Å²) in [5.74, 6) is -1.23. The summed E-state index contributed by atoms with van der Waals surface area (Å²) < 4.78 is 11.1. The minimum absolute atomic E-state index is 0.166. The third-order valence-corrected chi connectivity index (χ3v) is 2.89. The zero-order chi connectivity index (χ0) is 12.3. The molecule has 1 rings (SSSR count). The summed E-state index contributed by atoms with van der Waals surface area (Å²) in [6.07, 6.45) is -0.166. The van der Waals surface area contributed by atoms with E-state index >= 15 is 0 Å². The molecule has 0 aliphatic rings. The van der Waals surface area contributed by atoms with Crippen molar-refractivity contribution in [1.29, 1.82) is 0 Å². The van der Waals surface area contributed by atoms with E-state index in [1.165, 1.54) is 12.1 Å². The van der Waals surface area contributed by atoms with Gasteiger partial charge in [-0.05, 0) is 24.1 Å². The van der Waals surface area contributed by atoms with Crippen LogP contribution in [0.5, 0.6) is 0 Å². The van der Waals surface area contributed by atoms with Crippen molar-refractivity contribution in [2.24, 2.45) is 5.73 Å². The average molecular weight is 243 g/mol. The molecule has 0 aliphatic heterocycles. The Balaban J connectivity index is 3.05. The van der Waals surface area contributed by atoms with E-state index in [-0.39, 0.29) is 17.3 Å². The maximum absolute atomic E-state index is 11.1. The van der Waals surface area contributed by atoms with Crippen molar-refractivity contribution in [2.45, 2.75) is 12.5 Å². The molecule has 1 atom stereocenters. The highest BCUT2D eigenvalue weighted by molar-refractivity contribution is 7.60. The molecule has 5 N–H and O–H groups in total. The van der Waals surface area contributed by atoms with Crippen LogP contribution in [-0.2, 0) is 15.8 Å². The molecule has 1 aromatic rings. The molecule has 16 heavy (non-hydrogen) atoms. The minimum Gasteiger partial charge on any atom is -0.480 e. The third kappa shape index (κ3) is 3.05. The Labute approximate surface area is 91.9 Å². The van der Waals surface area contributed by atoms with Crippen LogP contribution in [0.15, 0.2) is 12.1 Å². The molecule has 0 spiro atoms. The van der Waals surface area contributed by atoms with Gasteiger partial charge >= 0.3 is 13.6 Å². The predicted molar refractivity (Wildman–Crippen MR) is 55.1 cm³/mol. The van der Waals surface area contributed by atoms with Gasteiger partial charge in [-0.1, -0.05) is 12.1 Å². The standard InChI is InChI=1S/C9H10NO5P/c10-7(9(11)12)5-6-3-1-2-4-8(6)16(13,14)15/h1,3,7H,5,10H2,(H,11,12)(H2,13,14,15). The van der Waals surface area contributed by atoms with Gasteiger partial charge in [0.2, 0.25) is 0 Å². The summed E-state index contributed by atoms with van der Waals surface area (Å²) in [6, 6.07) is 6.24. The fourth-order valence-corrected chi connectivity index (χ4v) is 1.91. The Hall–Kier alpha value is -1.38. The fraction of sp³-hybridized carbons (Fsp3) is 0.222. The Bertz CT molecular complexity index is 441. The summed E-state index contributed by atoms with van der Waals surface area (Å²) in [6.45, 7) is 0. The summed E-state index contributed by atoms with van der Waals surface area (Å²) in [5, 5.41) is 8.25. The summed E-state index contributed by atoms with van der Waals surface area (Å²) in [7, 11) is -4.48. The highest BCUT2D eigenvalue weighted by atomic mass is 31.2. The van der Waals surface area contributed by atoms with E-state index in [2.05, 4.69) is 12.1 Å². The zero-order valence-corrected chi connectivity index (χ0v) is 9.02. The lowest BCUT2D eigenvalue weighted by atomic mass is 10.1. The van der Waals surface area contributed by atoms with Crippen molar-refractivity contribution in [1.82, 2.24) is 0 Å². The molecule has 0 bridgehead atoms. The van der Waals surface area contributed by atoms with Gasteiger partial charge in [0, 0.05) is 0 Å². The molecule has 1 unspecified atom stereocenters. The van der Waals surface area contributed by atoms with Crippen LogP contribution in [0.1, 0.15) is 5.56 Å². The minimum atomic E-state index is -4.48. The second kappa shape index (κ2) is 4.64. The number of nitrogens with two attached hydrogens (primary N) is 1. The first-order valence-corrected chi connectivity index (χ1v) is 5.89. The highest BCUT2D eigenvalue weighted by Crippen LogP contribution is 2.33. The van der Waals surface area contributed by atoms with Crippen LogP contribution in [0, 0.1) is 12.1 Å². The predicted octanol–water partition coefficient (Wildman–Crippen LogP) is -0.956. The van der Waals surface area contributed by atoms with E-state index in [1.807, 2.05) is 0 Å². The van der Waals surface area contributed by atoms with Crippen molar-refractivity contribution >= 4 is 18.9 Å². The molecule has 0 aromatic heterocycles. The van der Waals surface area contributed by atoms with E-state index in [1.54, 1.807) is 0 Å². The Morgan fingerprint density at radius 3 is 2.69 bits per heavy atom. The maximum atomic E-state index is 11.1. The van der Waals surface area contributed by atoms with Crippen LogP contribution in [-0.4, -0.2) is 26.9 Å². The summed E-state index contributed by atoms with van der Waals surface area (Å²) >= 11 is 0. The molecule has 6 nitrogen and oxygen atoms in total. The van der Waals surface area contributed by atoms with Gasteiger partial charge in [-0.15, -0.1) is 0 Å². The van der Waals surface area contributed by atoms with Gasteiger partial charge in [0.05, 0.1) is 0 Å². The van der Waals surface area contributed by atoms with E-state index in [4.69, 9.17) is 20.6 Å². The van der Waals surface area contributed by atoms with Crippen LogP contribution in [0.3, 0.4) is 0 Å². The Morgan fingerprint density at radius 2 is 2.19 bits per heavy atom. The van der Waals surface area contributed by atoms with Crippen LogP contribution >= 0.6 is 7.60 Å². The molecular formula is C9H10NO5P. The summed E-state index contributed by atoms with van der Waals surface area (Å²) in [4.78, 5) is 28.5. The number of carboxylic acid groups (broad SMARTS) is 1. The van der Waals surface area contributed by atoms with Crippen LogP contribution in [0.2, 0.25) is 0 Å². The average Bonchev–Trinajstić information content (AvgIpc) is 2.16. The number of hydrogen-bond acceptors (Lipinski definition) is 3. The molecule has 86 valence electrons. The number of carboxylic acids is 1. The van der Waals surface area contributed by atoms with Gasteiger partial charge in [-0.3, -0.25) is 9.36 Å². The maximum Gasteiger partial charge on any atom is 0.364 e. The topological polar surface area (TPSA) is 121 Å². The Morgan fingerprint density at radius 1 is 1.56 bits per heavy atom. The highest BCUT2D eigenvalue weighted by Gasteiger charge is 2.23. The molecule has 1 aromatic carbocycles. The molecule has 0 aliphatic carbocycles. The fourth-order valence-electron chi connectivity index (χ4n) is 1.16. The summed E-state index contributed by atoms with van der Waals surface area (Å²) in [5.41, 5.74) is 5.45. The lowest BCUT2D eigenvalue weighted by Gasteiger charge is -2.10. The molecule has 0 radical (unpaired) electrons. The largest absolute Gasteiger partial charge is 0.480 e. The van der Waals surface area contributed by atoms with Crippen molar-refractivity contribution in [3.05, 3.63) is 29.8 Å². The molecule has 7 heteroatoms. The van der Waals surface area contributed by atoms with Crippen LogP contribution in [0.4, 0.5) is 0 Å². The lowest BCUT2D eigenvalue weighted by Crippen LogP contribution is -2.33. The SMILES string of the molecule is NC(Cc1ccc#cc1P(=O)(O)O)C(=O)O. The second-order valence-electron chi connectivity index (χ2n) is 3.17. The first-order chi connectivity index (χ1) is 7.32. The van der Waals surface area contributed by atoms with Crippen molar-refractivity contribution < 1.29 is 24.3 Å². The van der Waals surface area contributed by atoms with Crippen molar-refractivity contribution in [2.75, 3.05) is 0 Å². The number of rotatable bonds is 4. The van der Waals surface area contributed by atoms with Gasteiger partial charge in [0.15, 0.2) is 0 Å². The van der Waals surface area contributed by atoms with Crippen LogP contribution < -0.4 is 11.0 Å². The van der Waals surface area contributed by atoms with Gasteiger partial charge in [0.1, 0.15) is 11.3 Å². The third-order valence-electron chi connectivity index (χ3n) is 1.91. The number of hydrogen-bond donors (Lipinski definition) is 4. The second-order valence-corrected chi connectivity index (χ2v) is 4.70. The van der Waals surface area contributed by atoms with Crippen molar-refractivity contribution in [3.63, 3.8) is 0 Å². The monoisotopic (exact) mass is 243 g/mol. The van der Waals surface area contributed by atoms with Gasteiger partial charge in [-0.25, -0.2) is 0 Å². The lowest BCUT2D eigenvalue weighted by molar-refractivity contribution is -0.138. The quantitative estimate of drug-likeness (QED) is 0.505.